The Hall–Kier alpha value is -0.610. The lowest BCUT2D eigenvalue weighted by molar-refractivity contribution is -0.117. The molecule has 4 heteroatoms. The fourth-order valence-corrected chi connectivity index (χ4v) is 2.19. The Morgan fingerprint density at radius 3 is 2.86 bits per heavy atom. The summed E-state index contributed by atoms with van der Waals surface area (Å²) in [5.74, 6) is -0.256. The second kappa shape index (κ2) is 4.28. The number of amides is 1. The third-order valence-corrected chi connectivity index (χ3v) is 3.08. The van der Waals surface area contributed by atoms with Gasteiger partial charge in [0.05, 0.1) is 6.54 Å². The Bertz CT molecular complexity index is 215. The summed E-state index contributed by atoms with van der Waals surface area (Å²) >= 11 is 0. The van der Waals surface area contributed by atoms with E-state index in [4.69, 9.17) is 5.73 Å². The van der Waals surface area contributed by atoms with Gasteiger partial charge in [0.25, 0.3) is 0 Å². The molecule has 3 N–H and O–H groups in total. The summed E-state index contributed by atoms with van der Waals surface area (Å²) in [6.45, 7) is 2.65. The fourth-order valence-electron chi connectivity index (χ4n) is 2.19. The molecule has 1 saturated carbocycles. The summed E-state index contributed by atoms with van der Waals surface area (Å²) in [6, 6.07) is 1.31. The Labute approximate surface area is 84.8 Å². The zero-order valence-corrected chi connectivity index (χ0v) is 8.54. The number of hydrogen-bond donors (Lipinski definition) is 2. The van der Waals surface area contributed by atoms with Gasteiger partial charge in [0.1, 0.15) is 0 Å². The summed E-state index contributed by atoms with van der Waals surface area (Å²) in [7, 11) is 0. The van der Waals surface area contributed by atoms with Gasteiger partial charge in [-0.1, -0.05) is 0 Å². The van der Waals surface area contributed by atoms with Crippen molar-refractivity contribution in [3.63, 3.8) is 0 Å². The molecule has 1 atom stereocenters. The summed E-state index contributed by atoms with van der Waals surface area (Å²) in [5.41, 5.74) is 5.10. The standard InChI is InChI=1S/C10H19N3O/c11-10(14)6-12-8-2-1-5-13(7-8)9-3-4-9/h8-9,12H,1-7H2,(H2,11,14). The first-order valence-electron chi connectivity index (χ1n) is 5.51. The molecule has 80 valence electrons. The highest BCUT2D eigenvalue weighted by atomic mass is 16.1. The van der Waals surface area contributed by atoms with Crippen LogP contribution in [0.1, 0.15) is 25.7 Å². The maximum absolute atomic E-state index is 10.6. The lowest BCUT2D eigenvalue weighted by Gasteiger charge is -2.33. The molecule has 1 aliphatic carbocycles. The first-order valence-corrected chi connectivity index (χ1v) is 5.51. The second-order valence-corrected chi connectivity index (χ2v) is 4.41. The van der Waals surface area contributed by atoms with Gasteiger partial charge in [-0.2, -0.15) is 0 Å². The van der Waals surface area contributed by atoms with Crippen LogP contribution in [-0.4, -0.2) is 42.5 Å². The van der Waals surface area contributed by atoms with Crippen molar-refractivity contribution < 1.29 is 4.79 Å². The zero-order valence-electron chi connectivity index (χ0n) is 8.54. The first kappa shape index (κ1) is 9.93. The van der Waals surface area contributed by atoms with Crippen molar-refractivity contribution in [2.45, 2.75) is 37.8 Å². The van der Waals surface area contributed by atoms with E-state index in [1.807, 2.05) is 0 Å². The van der Waals surface area contributed by atoms with Gasteiger partial charge in [-0.3, -0.25) is 9.69 Å². The van der Waals surface area contributed by atoms with Crippen LogP contribution in [0.3, 0.4) is 0 Å². The lowest BCUT2D eigenvalue weighted by atomic mass is 10.1. The monoisotopic (exact) mass is 197 g/mol. The number of rotatable bonds is 4. The summed E-state index contributed by atoms with van der Waals surface area (Å²) in [6.07, 6.45) is 5.15. The smallest absolute Gasteiger partial charge is 0.231 e. The molecule has 0 bridgehead atoms. The van der Waals surface area contributed by atoms with E-state index in [2.05, 4.69) is 10.2 Å². The molecular formula is C10H19N3O. The highest BCUT2D eigenvalue weighted by Gasteiger charge is 2.32. The van der Waals surface area contributed by atoms with Crippen LogP contribution < -0.4 is 11.1 Å². The highest BCUT2D eigenvalue weighted by Crippen LogP contribution is 2.29. The van der Waals surface area contributed by atoms with E-state index >= 15 is 0 Å². The molecule has 4 nitrogen and oxygen atoms in total. The van der Waals surface area contributed by atoms with Crippen molar-refractivity contribution in [1.29, 1.82) is 0 Å². The predicted octanol–water partition coefficient (Wildman–Crippen LogP) is -0.312. The Balaban J connectivity index is 1.72. The van der Waals surface area contributed by atoms with Crippen LogP contribution in [0.4, 0.5) is 0 Å². The molecular weight excluding hydrogens is 178 g/mol. The van der Waals surface area contributed by atoms with Crippen LogP contribution in [-0.2, 0) is 4.79 Å². The van der Waals surface area contributed by atoms with E-state index < -0.39 is 0 Å². The van der Waals surface area contributed by atoms with Crippen molar-refractivity contribution in [2.24, 2.45) is 5.73 Å². The lowest BCUT2D eigenvalue weighted by Crippen LogP contribution is -2.48. The Morgan fingerprint density at radius 1 is 1.43 bits per heavy atom. The number of nitrogens with zero attached hydrogens (tertiary/aromatic N) is 1. The zero-order chi connectivity index (χ0) is 9.97. The van der Waals surface area contributed by atoms with Crippen LogP contribution in [0.5, 0.6) is 0 Å². The molecule has 2 rings (SSSR count). The van der Waals surface area contributed by atoms with E-state index in [1.165, 1.54) is 32.2 Å². The number of hydrogen-bond acceptors (Lipinski definition) is 3. The molecule has 1 heterocycles. The van der Waals surface area contributed by atoms with E-state index in [0.717, 1.165) is 12.6 Å². The molecule has 1 unspecified atom stereocenters. The predicted molar refractivity (Wildman–Crippen MR) is 54.8 cm³/mol. The maximum Gasteiger partial charge on any atom is 0.231 e. The molecule has 0 aromatic heterocycles. The summed E-state index contributed by atoms with van der Waals surface area (Å²) in [5, 5.41) is 3.22. The van der Waals surface area contributed by atoms with E-state index in [-0.39, 0.29) is 5.91 Å². The number of primary amides is 1. The van der Waals surface area contributed by atoms with Crippen LogP contribution in [0.15, 0.2) is 0 Å². The van der Waals surface area contributed by atoms with Gasteiger partial charge in [0.2, 0.25) is 5.91 Å². The Morgan fingerprint density at radius 2 is 2.21 bits per heavy atom. The summed E-state index contributed by atoms with van der Waals surface area (Å²) in [4.78, 5) is 13.2. The normalized spacial score (nSPS) is 29.0. The molecule has 2 aliphatic rings. The number of piperidine rings is 1. The minimum Gasteiger partial charge on any atom is -0.369 e. The molecule has 1 aliphatic heterocycles. The average molecular weight is 197 g/mol. The van der Waals surface area contributed by atoms with Crippen LogP contribution in [0.2, 0.25) is 0 Å². The van der Waals surface area contributed by atoms with Crippen molar-refractivity contribution in [2.75, 3.05) is 19.6 Å². The fraction of sp³-hybridized carbons (Fsp3) is 0.900. The quantitative estimate of drug-likeness (QED) is 0.650. The largest absolute Gasteiger partial charge is 0.369 e. The van der Waals surface area contributed by atoms with Gasteiger partial charge in [0, 0.05) is 18.6 Å². The second-order valence-electron chi connectivity index (χ2n) is 4.41. The molecule has 1 saturated heterocycles. The van der Waals surface area contributed by atoms with Gasteiger partial charge in [0.15, 0.2) is 0 Å². The number of nitrogens with two attached hydrogens (primary N) is 1. The maximum atomic E-state index is 10.6. The van der Waals surface area contributed by atoms with E-state index in [9.17, 15) is 4.79 Å². The van der Waals surface area contributed by atoms with Gasteiger partial charge in [-0.15, -0.1) is 0 Å². The topological polar surface area (TPSA) is 58.4 Å². The molecule has 0 spiro atoms. The number of carbonyl (C=O) groups is 1. The molecule has 2 fully saturated rings. The molecule has 1 amide bonds. The van der Waals surface area contributed by atoms with Crippen LogP contribution in [0.25, 0.3) is 0 Å². The minimum absolute atomic E-state index is 0.256. The number of nitrogens with one attached hydrogen (secondary N) is 1. The van der Waals surface area contributed by atoms with Gasteiger partial charge in [-0.25, -0.2) is 0 Å². The summed E-state index contributed by atoms with van der Waals surface area (Å²) < 4.78 is 0. The molecule has 14 heavy (non-hydrogen) atoms. The van der Waals surface area contributed by atoms with Gasteiger partial charge in [-0.05, 0) is 32.2 Å². The van der Waals surface area contributed by atoms with Gasteiger partial charge >= 0.3 is 0 Å². The Kier molecular flexibility index (Phi) is 3.03. The van der Waals surface area contributed by atoms with Gasteiger partial charge < -0.3 is 11.1 Å². The SMILES string of the molecule is NC(=O)CNC1CCCN(C2CC2)C1. The molecule has 0 radical (unpaired) electrons. The van der Waals surface area contributed by atoms with Crippen molar-refractivity contribution >= 4 is 5.91 Å². The van der Waals surface area contributed by atoms with E-state index in [1.54, 1.807) is 0 Å². The first-order chi connectivity index (χ1) is 6.75. The molecule has 0 aromatic carbocycles. The van der Waals surface area contributed by atoms with Crippen LogP contribution in [0, 0.1) is 0 Å². The van der Waals surface area contributed by atoms with Crippen molar-refractivity contribution in [3.05, 3.63) is 0 Å². The van der Waals surface area contributed by atoms with Crippen LogP contribution >= 0.6 is 0 Å². The minimum atomic E-state index is -0.256. The molecule has 0 aromatic rings. The highest BCUT2D eigenvalue weighted by molar-refractivity contribution is 5.75. The van der Waals surface area contributed by atoms with E-state index in [0.29, 0.717) is 12.6 Å². The third-order valence-electron chi connectivity index (χ3n) is 3.08. The number of likely N-dealkylation sites (tertiary alicyclic amines) is 1. The van der Waals surface area contributed by atoms with Crippen molar-refractivity contribution in [1.82, 2.24) is 10.2 Å². The average Bonchev–Trinajstić information content (AvgIpc) is 2.98. The third kappa shape index (κ3) is 2.69. The number of carbonyl (C=O) groups excluding carboxylic acids is 1. The van der Waals surface area contributed by atoms with Crippen molar-refractivity contribution in [3.8, 4) is 0 Å².